The number of aromatic nitrogens is 2. The fourth-order valence-corrected chi connectivity index (χ4v) is 3.50. The predicted octanol–water partition coefficient (Wildman–Crippen LogP) is 3.41. The van der Waals surface area contributed by atoms with E-state index in [0.717, 1.165) is 24.2 Å². The monoisotopic (exact) mass is 288 g/mol. The molecule has 0 aromatic carbocycles. The summed E-state index contributed by atoms with van der Waals surface area (Å²) in [5.74, 6) is 0.626. The molecule has 5 heteroatoms. The third-order valence-corrected chi connectivity index (χ3v) is 5.00. The van der Waals surface area contributed by atoms with Crippen LogP contribution in [0.5, 0.6) is 0 Å². The van der Waals surface area contributed by atoms with Crippen LogP contribution < -0.4 is 10.6 Å². The maximum atomic E-state index is 6.09. The van der Waals surface area contributed by atoms with Crippen LogP contribution in [-0.4, -0.2) is 22.4 Å². The first-order valence-electron chi connectivity index (χ1n) is 6.97. The highest BCUT2D eigenvalue weighted by atomic mass is 32.1. The number of hydrogen-bond acceptors (Lipinski definition) is 5. The van der Waals surface area contributed by atoms with Crippen molar-refractivity contribution in [2.24, 2.45) is 5.41 Å². The summed E-state index contributed by atoms with van der Waals surface area (Å²) >= 11 is 1.51. The molecular formula is C15H20N4S. The zero-order valence-electron chi connectivity index (χ0n) is 12.0. The fourth-order valence-electron chi connectivity index (χ4n) is 2.61. The summed E-state index contributed by atoms with van der Waals surface area (Å²) in [5.41, 5.74) is 8.70. The number of hydrogen-bond donors (Lipinski definition) is 1. The van der Waals surface area contributed by atoms with Crippen LogP contribution in [0.4, 0.5) is 10.8 Å². The van der Waals surface area contributed by atoms with Crippen molar-refractivity contribution in [3.05, 3.63) is 24.5 Å². The Morgan fingerprint density at radius 2 is 1.85 bits per heavy atom. The number of rotatable bonds is 2. The summed E-state index contributed by atoms with van der Waals surface area (Å²) < 4.78 is 4.36. The van der Waals surface area contributed by atoms with Crippen molar-refractivity contribution < 1.29 is 0 Å². The summed E-state index contributed by atoms with van der Waals surface area (Å²) in [6.07, 6.45) is 6.02. The maximum Gasteiger partial charge on any atom is 0.147 e. The second kappa shape index (κ2) is 5.05. The Hall–Kier alpha value is -1.62. The minimum atomic E-state index is 0.448. The van der Waals surface area contributed by atoms with Crippen LogP contribution in [0.3, 0.4) is 0 Å². The summed E-state index contributed by atoms with van der Waals surface area (Å²) in [4.78, 5) is 6.50. The molecule has 3 rings (SSSR count). The van der Waals surface area contributed by atoms with Gasteiger partial charge in [0.2, 0.25) is 0 Å². The number of nitrogens with zero attached hydrogens (tertiary/aromatic N) is 3. The second-order valence-electron chi connectivity index (χ2n) is 6.14. The number of nitrogen functional groups attached to an aromatic ring is 1. The van der Waals surface area contributed by atoms with E-state index in [0.29, 0.717) is 11.2 Å². The molecule has 0 unspecified atom stereocenters. The lowest BCUT2D eigenvalue weighted by Gasteiger charge is -2.37. The fraction of sp³-hybridized carbons (Fsp3) is 0.467. The van der Waals surface area contributed by atoms with Gasteiger partial charge in [0, 0.05) is 25.5 Å². The summed E-state index contributed by atoms with van der Waals surface area (Å²) in [6.45, 7) is 6.84. The molecule has 4 nitrogen and oxygen atoms in total. The first-order valence-corrected chi connectivity index (χ1v) is 7.75. The van der Waals surface area contributed by atoms with E-state index in [1.807, 2.05) is 12.1 Å². The highest BCUT2D eigenvalue weighted by molar-refractivity contribution is 7.11. The lowest BCUT2D eigenvalue weighted by molar-refractivity contribution is 0.280. The molecule has 2 aromatic heterocycles. The van der Waals surface area contributed by atoms with E-state index in [9.17, 15) is 0 Å². The smallest absolute Gasteiger partial charge is 0.147 e. The molecule has 1 fully saturated rings. The molecule has 20 heavy (non-hydrogen) atoms. The van der Waals surface area contributed by atoms with Crippen molar-refractivity contribution in [1.29, 1.82) is 0 Å². The Morgan fingerprint density at radius 3 is 2.50 bits per heavy atom. The molecule has 0 spiro atoms. The van der Waals surface area contributed by atoms with Crippen molar-refractivity contribution >= 4 is 22.4 Å². The van der Waals surface area contributed by atoms with E-state index in [2.05, 4.69) is 28.1 Å². The molecule has 0 saturated carbocycles. The van der Waals surface area contributed by atoms with Gasteiger partial charge < -0.3 is 10.6 Å². The maximum absolute atomic E-state index is 6.09. The normalized spacial score (nSPS) is 18.2. The number of pyridine rings is 1. The molecule has 0 amide bonds. The van der Waals surface area contributed by atoms with E-state index in [-0.39, 0.29) is 0 Å². The second-order valence-corrected chi connectivity index (χ2v) is 6.89. The zero-order chi connectivity index (χ0) is 14.2. The van der Waals surface area contributed by atoms with Crippen LogP contribution >= 0.6 is 11.5 Å². The average molecular weight is 288 g/mol. The summed E-state index contributed by atoms with van der Waals surface area (Å²) in [5, 5.41) is 1.20. The lowest BCUT2D eigenvalue weighted by Crippen LogP contribution is -2.37. The van der Waals surface area contributed by atoms with Gasteiger partial charge in [-0.2, -0.15) is 4.37 Å². The van der Waals surface area contributed by atoms with Crippen LogP contribution in [0.25, 0.3) is 11.1 Å². The van der Waals surface area contributed by atoms with Gasteiger partial charge in [-0.05, 0) is 47.5 Å². The van der Waals surface area contributed by atoms with E-state index in [4.69, 9.17) is 5.73 Å². The lowest BCUT2D eigenvalue weighted by atomic mass is 9.83. The summed E-state index contributed by atoms with van der Waals surface area (Å²) in [6, 6.07) is 3.99. The first-order chi connectivity index (χ1) is 9.57. The number of anilines is 2. The largest absolute Gasteiger partial charge is 0.382 e. The standard InChI is InChI=1S/C15H20N4S/c1-15(2)5-9-19(10-6-15)14-12(13(16)18-20-14)11-3-7-17-8-4-11/h3-4,7-8H,5-6,9-10H2,1-2H3,(H2,16,18). The van der Waals surface area contributed by atoms with Crippen LogP contribution in [-0.2, 0) is 0 Å². The third-order valence-electron chi connectivity index (χ3n) is 4.07. The van der Waals surface area contributed by atoms with Gasteiger partial charge in [-0.3, -0.25) is 4.98 Å². The molecule has 1 aliphatic heterocycles. The van der Waals surface area contributed by atoms with Crippen molar-refractivity contribution in [3.8, 4) is 11.1 Å². The topological polar surface area (TPSA) is 55.0 Å². The van der Waals surface area contributed by atoms with Crippen molar-refractivity contribution in [2.75, 3.05) is 23.7 Å². The Morgan fingerprint density at radius 1 is 1.20 bits per heavy atom. The average Bonchev–Trinajstić information content (AvgIpc) is 2.82. The SMILES string of the molecule is CC1(C)CCN(c2snc(N)c2-c2ccncc2)CC1. The molecule has 1 saturated heterocycles. The third kappa shape index (κ3) is 2.50. The Labute approximate surface area is 123 Å². The minimum Gasteiger partial charge on any atom is -0.382 e. The van der Waals surface area contributed by atoms with Gasteiger partial charge in [-0.15, -0.1) is 0 Å². The molecule has 0 bridgehead atoms. The molecule has 3 heterocycles. The molecule has 106 valence electrons. The van der Waals surface area contributed by atoms with E-state index < -0.39 is 0 Å². The Bertz CT molecular complexity index is 581. The number of piperidine rings is 1. The van der Waals surface area contributed by atoms with Crippen molar-refractivity contribution in [3.63, 3.8) is 0 Å². The van der Waals surface area contributed by atoms with Gasteiger partial charge in [0.25, 0.3) is 0 Å². The van der Waals surface area contributed by atoms with E-state index in [1.54, 1.807) is 12.4 Å². The van der Waals surface area contributed by atoms with Crippen LogP contribution in [0.15, 0.2) is 24.5 Å². The van der Waals surface area contributed by atoms with Crippen LogP contribution in [0.2, 0.25) is 0 Å². The van der Waals surface area contributed by atoms with Gasteiger partial charge in [-0.1, -0.05) is 13.8 Å². The molecule has 1 aliphatic rings. The molecule has 2 N–H and O–H groups in total. The van der Waals surface area contributed by atoms with Gasteiger partial charge in [0.05, 0.1) is 5.56 Å². The molecule has 0 radical (unpaired) electrons. The number of nitrogens with two attached hydrogens (primary N) is 1. The van der Waals surface area contributed by atoms with Gasteiger partial charge in [0.15, 0.2) is 0 Å². The van der Waals surface area contributed by atoms with Crippen LogP contribution in [0, 0.1) is 5.41 Å². The van der Waals surface area contributed by atoms with Gasteiger partial charge in [0.1, 0.15) is 10.8 Å². The Kier molecular flexibility index (Phi) is 3.38. The predicted molar refractivity (Wildman–Crippen MR) is 85.0 cm³/mol. The molecular weight excluding hydrogens is 268 g/mol. The summed E-state index contributed by atoms with van der Waals surface area (Å²) in [7, 11) is 0. The van der Waals surface area contributed by atoms with Gasteiger partial charge >= 0.3 is 0 Å². The highest BCUT2D eigenvalue weighted by Crippen LogP contribution is 2.42. The van der Waals surface area contributed by atoms with Crippen molar-refractivity contribution in [2.45, 2.75) is 26.7 Å². The Balaban J connectivity index is 1.92. The first kappa shape index (κ1) is 13.4. The van der Waals surface area contributed by atoms with Crippen LogP contribution in [0.1, 0.15) is 26.7 Å². The zero-order valence-corrected chi connectivity index (χ0v) is 12.8. The molecule has 0 atom stereocenters. The quantitative estimate of drug-likeness (QED) is 0.920. The highest BCUT2D eigenvalue weighted by Gasteiger charge is 2.28. The van der Waals surface area contributed by atoms with E-state index >= 15 is 0 Å². The molecule has 2 aromatic rings. The molecule has 0 aliphatic carbocycles. The van der Waals surface area contributed by atoms with E-state index in [1.165, 1.54) is 29.4 Å². The minimum absolute atomic E-state index is 0.448. The van der Waals surface area contributed by atoms with Gasteiger partial charge in [-0.25, -0.2) is 0 Å². The van der Waals surface area contributed by atoms with Crippen molar-refractivity contribution in [1.82, 2.24) is 9.36 Å².